The highest BCUT2D eigenvalue weighted by Gasteiger charge is 2.31. The maximum absolute atomic E-state index is 11.3. The number of thiophene rings is 1. The van der Waals surface area contributed by atoms with Crippen molar-refractivity contribution in [2.75, 3.05) is 13.1 Å². The summed E-state index contributed by atoms with van der Waals surface area (Å²) < 4.78 is 1.31. The molecule has 2 heterocycles. The number of hydrogen-bond acceptors (Lipinski definition) is 3. The molecular formula is C22H23NO2S. The second kappa shape index (κ2) is 7.22. The molecule has 4 rings (SSSR count). The van der Waals surface area contributed by atoms with E-state index in [2.05, 4.69) is 66.4 Å². The van der Waals surface area contributed by atoms with Crippen molar-refractivity contribution in [1.29, 1.82) is 0 Å². The molecule has 1 fully saturated rings. The van der Waals surface area contributed by atoms with Gasteiger partial charge in [0.05, 0.1) is 12.0 Å². The minimum atomic E-state index is -0.654. The lowest BCUT2D eigenvalue weighted by atomic mass is 9.93. The SMILES string of the molecule is Cc1cccc(C(c2cc3ccccc3s2)N2CCC(C(=O)O)CC2)c1. The van der Waals surface area contributed by atoms with Crippen molar-refractivity contribution in [2.45, 2.75) is 25.8 Å². The summed E-state index contributed by atoms with van der Waals surface area (Å²) in [5.41, 5.74) is 2.55. The third kappa shape index (κ3) is 3.39. The summed E-state index contributed by atoms with van der Waals surface area (Å²) >= 11 is 1.85. The van der Waals surface area contributed by atoms with Gasteiger partial charge in [-0.15, -0.1) is 11.3 Å². The number of rotatable bonds is 4. The first-order chi connectivity index (χ1) is 12.6. The number of fused-ring (bicyclic) bond motifs is 1. The Hall–Kier alpha value is -2.17. The van der Waals surface area contributed by atoms with Crippen LogP contribution < -0.4 is 0 Å². The summed E-state index contributed by atoms with van der Waals surface area (Å²) in [7, 11) is 0. The molecule has 4 heteroatoms. The van der Waals surface area contributed by atoms with E-state index in [1.54, 1.807) is 0 Å². The quantitative estimate of drug-likeness (QED) is 0.699. The van der Waals surface area contributed by atoms with E-state index in [0.717, 1.165) is 25.9 Å². The predicted molar refractivity (Wildman–Crippen MR) is 107 cm³/mol. The number of piperidine rings is 1. The highest BCUT2D eigenvalue weighted by molar-refractivity contribution is 7.19. The first-order valence-electron chi connectivity index (χ1n) is 9.14. The van der Waals surface area contributed by atoms with Crippen LogP contribution >= 0.6 is 11.3 Å². The van der Waals surface area contributed by atoms with Crippen LogP contribution in [0.15, 0.2) is 54.6 Å². The molecule has 1 aromatic heterocycles. The maximum Gasteiger partial charge on any atom is 0.306 e. The minimum Gasteiger partial charge on any atom is -0.481 e. The Labute approximate surface area is 157 Å². The molecule has 1 saturated heterocycles. The molecule has 3 nitrogen and oxygen atoms in total. The summed E-state index contributed by atoms with van der Waals surface area (Å²) in [6.45, 7) is 3.77. The first kappa shape index (κ1) is 17.3. The van der Waals surface area contributed by atoms with Gasteiger partial charge in [0.25, 0.3) is 0 Å². The van der Waals surface area contributed by atoms with Crippen molar-refractivity contribution in [3.05, 3.63) is 70.6 Å². The second-order valence-corrected chi connectivity index (χ2v) is 8.27. The fourth-order valence-electron chi connectivity index (χ4n) is 3.94. The number of hydrogen-bond donors (Lipinski definition) is 1. The number of carboxylic acid groups (broad SMARTS) is 1. The van der Waals surface area contributed by atoms with Crippen LogP contribution in [0.3, 0.4) is 0 Å². The normalized spacial score (nSPS) is 17.4. The van der Waals surface area contributed by atoms with Crippen molar-refractivity contribution in [3.8, 4) is 0 Å². The van der Waals surface area contributed by atoms with E-state index in [-0.39, 0.29) is 12.0 Å². The Morgan fingerprint density at radius 3 is 2.58 bits per heavy atom. The fraction of sp³-hybridized carbons (Fsp3) is 0.318. The molecule has 1 aliphatic rings. The Morgan fingerprint density at radius 2 is 1.88 bits per heavy atom. The summed E-state index contributed by atoms with van der Waals surface area (Å²) in [5, 5.41) is 10.6. The Kier molecular flexibility index (Phi) is 4.79. The zero-order valence-corrected chi connectivity index (χ0v) is 15.7. The van der Waals surface area contributed by atoms with Crippen LogP contribution in [-0.4, -0.2) is 29.1 Å². The van der Waals surface area contributed by atoms with Gasteiger partial charge in [0.1, 0.15) is 0 Å². The van der Waals surface area contributed by atoms with Gasteiger partial charge in [0.15, 0.2) is 0 Å². The summed E-state index contributed by atoms with van der Waals surface area (Å²) in [4.78, 5) is 15.1. The lowest BCUT2D eigenvalue weighted by molar-refractivity contribution is -0.143. The van der Waals surface area contributed by atoms with E-state index in [0.29, 0.717) is 0 Å². The Balaban J connectivity index is 1.71. The molecular weight excluding hydrogens is 342 g/mol. The molecule has 1 unspecified atom stereocenters. The topological polar surface area (TPSA) is 40.5 Å². The van der Waals surface area contributed by atoms with Gasteiger partial charge in [0.2, 0.25) is 0 Å². The molecule has 134 valence electrons. The van der Waals surface area contributed by atoms with Gasteiger partial charge in [-0.1, -0.05) is 48.0 Å². The van der Waals surface area contributed by atoms with Gasteiger partial charge >= 0.3 is 5.97 Å². The maximum atomic E-state index is 11.3. The molecule has 0 bridgehead atoms. The number of aliphatic carboxylic acids is 1. The average molecular weight is 365 g/mol. The largest absolute Gasteiger partial charge is 0.481 e. The number of aryl methyl sites for hydroxylation is 1. The van der Waals surface area contributed by atoms with E-state index >= 15 is 0 Å². The van der Waals surface area contributed by atoms with Crippen LogP contribution in [0.1, 0.15) is 34.9 Å². The van der Waals surface area contributed by atoms with Crippen molar-refractivity contribution in [3.63, 3.8) is 0 Å². The van der Waals surface area contributed by atoms with Gasteiger partial charge in [-0.3, -0.25) is 9.69 Å². The zero-order chi connectivity index (χ0) is 18.1. The molecule has 26 heavy (non-hydrogen) atoms. The number of carboxylic acids is 1. The first-order valence-corrected chi connectivity index (χ1v) is 9.95. The molecule has 1 atom stereocenters. The van der Waals surface area contributed by atoms with Crippen LogP contribution in [0.2, 0.25) is 0 Å². The number of likely N-dealkylation sites (tertiary alicyclic amines) is 1. The summed E-state index contributed by atoms with van der Waals surface area (Å²) in [6, 6.07) is 19.7. The second-order valence-electron chi connectivity index (χ2n) is 7.15. The molecule has 3 aromatic rings. The smallest absolute Gasteiger partial charge is 0.306 e. The lowest BCUT2D eigenvalue weighted by Gasteiger charge is -2.36. The predicted octanol–water partition coefficient (Wildman–Crippen LogP) is 5.10. The standard InChI is InChI=1S/C22H23NO2S/c1-15-5-4-7-18(13-15)21(23-11-9-16(10-12-23)22(24)25)20-14-17-6-2-3-8-19(17)26-20/h2-8,13-14,16,21H,9-12H2,1H3,(H,24,25). The highest BCUT2D eigenvalue weighted by atomic mass is 32.1. The summed E-state index contributed by atoms with van der Waals surface area (Å²) in [5.74, 6) is -0.856. The van der Waals surface area contributed by atoms with Crippen LogP contribution in [0.5, 0.6) is 0 Å². The zero-order valence-electron chi connectivity index (χ0n) is 14.9. The molecule has 0 aliphatic carbocycles. The Bertz CT molecular complexity index is 892. The molecule has 0 saturated carbocycles. The van der Waals surface area contributed by atoms with E-state index < -0.39 is 5.97 Å². The lowest BCUT2D eigenvalue weighted by Crippen LogP contribution is -2.39. The minimum absolute atomic E-state index is 0.196. The fourth-order valence-corrected chi connectivity index (χ4v) is 5.17. The molecule has 0 spiro atoms. The number of nitrogens with zero attached hydrogens (tertiary/aromatic N) is 1. The van der Waals surface area contributed by atoms with Gasteiger partial charge in [-0.25, -0.2) is 0 Å². The van der Waals surface area contributed by atoms with Crippen LogP contribution in [0, 0.1) is 12.8 Å². The molecule has 2 aromatic carbocycles. The molecule has 1 aliphatic heterocycles. The highest BCUT2D eigenvalue weighted by Crippen LogP contribution is 2.38. The molecule has 1 N–H and O–H groups in total. The van der Waals surface area contributed by atoms with Crippen LogP contribution in [0.4, 0.5) is 0 Å². The van der Waals surface area contributed by atoms with Crippen LogP contribution in [-0.2, 0) is 4.79 Å². The molecule has 0 radical (unpaired) electrons. The monoisotopic (exact) mass is 365 g/mol. The van der Waals surface area contributed by atoms with E-state index in [9.17, 15) is 9.90 Å². The van der Waals surface area contributed by atoms with Gasteiger partial charge < -0.3 is 5.11 Å². The van der Waals surface area contributed by atoms with Crippen molar-refractivity contribution >= 4 is 27.4 Å². The van der Waals surface area contributed by atoms with Gasteiger partial charge in [-0.05, 0) is 55.9 Å². The van der Waals surface area contributed by atoms with Gasteiger partial charge in [0, 0.05) is 9.58 Å². The molecule has 0 amide bonds. The van der Waals surface area contributed by atoms with Gasteiger partial charge in [-0.2, -0.15) is 0 Å². The van der Waals surface area contributed by atoms with Crippen LogP contribution in [0.25, 0.3) is 10.1 Å². The number of benzene rings is 2. The van der Waals surface area contributed by atoms with Crippen molar-refractivity contribution < 1.29 is 9.90 Å². The Morgan fingerprint density at radius 1 is 1.12 bits per heavy atom. The average Bonchev–Trinajstić information content (AvgIpc) is 3.06. The van der Waals surface area contributed by atoms with Crippen molar-refractivity contribution in [2.24, 2.45) is 5.92 Å². The van der Waals surface area contributed by atoms with E-state index in [1.807, 2.05) is 11.3 Å². The third-order valence-corrected chi connectivity index (χ3v) is 6.48. The number of carbonyl (C=O) groups is 1. The van der Waals surface area contributed by atoms with E-state index in [1.165, 1.54) is 26.1 Å². The van der Waals surface area contributed by atoms with Crippen molar-refractivity contribution in [1.82, 2.24) is 4.90 Å². The third-order valence-electron chi connectivity index (χ3n) is 5.32. The van der Waals surface area contributed by atoms with E-state index in [4.69, 9.17) is 0 Å². The summed E-state index contributed by atoms with van der Waals surface area (Å²) in [6.07, 6.45) is 1.45.